The van der Waals surface area contributed by atoms with Crippen molar-refractivity contribution in [3.8, 4) is 0 Å². The van der Waals surface area contributed by atoms with Gasteiger partial charge in [-0.1, -0.05) is 0 Å². The highest BCUT2D eigenvalue weighted by atomic mass is 16.5. The molecule has 1 saturated heterocycles. The molecule has 0 aliphatic carbocycles. The van der Waals surface area contributed by atoms with Crippen LogP contribution in [0.4, 0.5) is 0 Å². The highest BCUT2D eigenvalue weighted by Gasteiger charge is 2.38. The van der Waals surface area contributed by atoms with E-state index in [0.29, 0.717) is 30.0 Å². The monoisotopic (exact) mass is 350 g/mol. The van der Waals surface area contributed by atoms with Crippen LogP contribution >= 0.6 is 0 Å². The molecule has 8 nitrogen and oxygen atoms in total. The van der Waals surface area contributed by atoms with Gasteiger partial charge in [-0.3, -0.25) is 14.5 Å². The summed E-state index contributed by atoms with van der Waals surface area (Å²) in [5.41, 5.74) is 1.28. The fourth-order valence-electron chi connectivity index (χ4n) is 3.09. The minimum absolute atomic E-state index is 0.133. The van der Waals surface area contributed by atoms with Crippen LogP contribution in [0.1, 0.15) is 42.5 Å². The first-order valence-electron chi connectivity index (χ1n) is 8.30. The second kappa shape index (κ2) is 7.45. The molecule has 0 bridgehead atoms. The number of aliphatic carboxylic acids is 1. The number of carboxylic acids is 1. The van der Waals surface area contributed by atoms with Crippen molar-refractivity contribution in [3.63, 3.8) is 0 Å². The van der Waals surface area contributed by atoms with Crippen molar-refractivity contribution in [3.05, 3.63) is 23.3 Å². The molecule has 0 aromatic carbocycles. The Hall–Kier alpha value is -2.06. The predicted octanol–water partition coefficient (Wildman–Crippen LogP) is 0.776. The number of ether oxygens (including phenoxy) is 1. The zero-order valence-corrected chi connectivity index (χ0v) is 15.4. The minimum Gasteiger partial charge on any atom is -0.480 e. The molecule has 2 N–H and O–H groups in total. The summed E-state index contributed by atoms with van der Waals surface area (Å²) in [6.45, 7) is 10.3. The number of morpholine rings is 1. The summed E-state index contributed by atoms with van der Waals surface area (Å²) in [7, 11) is 0. The second-order valence-electron chi connectivity index (χ2n) is 7.15. The van der Waals surface area contributed by atoms with E-state index in [1.165, 1.54) is 6.33 Å². The third-order valence-electron chi connectivity index (χ3n) is 4.28. The standard InChI is InChI=1S/C17H26N4O4/c1-10(20-15(22)14-11(2)18-9-19-12(14)3)6-21-8-17(4,5)25-7-13(21)16(23)24/h9-10,13H,6-8H2,1-5H3,(H,20,22)(H,23,24). The van der Waals surface area contributed by atoms with Gasteiger partial charge in [0.1, 0.15) is 12.4 Å². The van der Waals surface area contributed by atoms with E-state index >= 15 is 0 Å². The molecule has 0 spiro atoms. The van der Waals surface area contributed by atoms with Crippen LogP contribution in [-0.2, 0) is 9.53 Å². The van der Waals surface area contributed by atoms with Gasteiger partial charge in [0.2, 0.25) is 0 Å². The van der Waals surface area contributed by atoms with E-state index in [4.69, 9.17) is 4.74 Å². The van der Waals surface area contributed by atoms with Crippen LogP contribution in [0, 0.1) is 13.8 Å². The molecule has 1 fully saturated rings. The summed E-state index contributed by atoms with van der Waals surface area (Å²) in [4.78, 5) is 34.0. The SMILES string of the molecule is Cc1ncnc(C)c1C(=O)NC(C)CN1CC(C)(C)OCC1C(=O)O. The van der Waals surface area contributed by atoms with Gasteiger partial charge in [0.15, 0.2) is 0 Å². The summed E-state index contributed by atoms with van der Waals surface area (Å²) in [5.74, 6) is -1.17. The van der Waals surface area contributed by atoms with E-state index in [2.05, 4.69) is 15.3 Å². The van der Waals surface area contributed by atoms with Crippen LogP contribution in [0.25, 0.3) is 0 Å². The van der Waals surface area contributed by atoms with E-state index in [9.17, 15) is 14.7 Å². The molecule has 2 unspecified atom stereocenters. The summed E-state index contributed by atoms with van der Waals surface area (Å²) in [6.07, 6.45) is 1.43. The molecule has 2 rings (SSSR count). The summed E-state index contributed by atoms with van der Waals surface area (Å²) in [5, 5.41) is 12.3. The average molecular weight is 350 g/mol. The molecular formula is C17H26N4O4. The van der Waals surface area contributed by atoms with E-state index < -0.39 is 17.6 Å². The smallest absolute Gasteiger partial charge is 0.323 e. The van der Waals surface area contributed by atoms with E-state index in [1.807, 2.05) is 25.7 Å². The van der Waals surface area contributed by atoms with Crippen molar-refractivity contribution in [1.29, 1.82) is 0 Å². The van der Waals surface area contributed by atoms with Crippen molar-refractivity contribution in [2.45, 2.75) is 52.3 Å². The number of carboxylic acid groups (broad SMARTS) is 1. The maximum atomic E-state index is 12.5. The number of aryl methyl sites for hydroxylation is 2. The Morgan fingerprint density at radius 2 is 2.00 bits per heavy atom. The van der Waals surface area contributed by atoms with Crippen LogP contribution in [-0.4, -0.2) is 69.2 Å². The number of amides is 1. The molecule has 2 atom stereocenters. The van der Waals surface area contributed by atoms with E-state index in [1.54, 1.807) is 13.8 Å². The van der Waals surface area contributed by atoms with Crippen molar-refractivity contribution in [2.75, 3.05) is 19.7 Å². The van der Waals surface area contributed by atoms with Crippen LogP contribution < -0.4 is 5.32 Å². The molecule has 1 aliphatic rings. The molecule has 1 amide bonds. The lowest BCUT2D eigenvalue weighted by Crippen LogP contribution is -2.59. The zero-order chi connectivity index (χ0) is 18.8. The molecule has 138 valence electrons. The number of hydrogen-bond donors (Lipinski definition) is 2. The number of aromatic nitrogens is 2. The lowest BCUT2D eigenvalue weighted by molar-refractivity contribution is -0.162. The maximum absolute atomic E-state index is 12.5. The van der Waals surface area contributed by atoms with Gasteiger partial charge in [0.25, 0.3) is 5.91 Å². The zero-order valence-electron chi connectivity index (χ0n) is 15.4. The molecule has 2 heterocycles. The lowest BCUT2D eigenvalue weighted by atomic mass is 10.0. The van der Waals surface area contributed by atoms with Gasteiger partial charge in [-0.05, 0) is 34.6 Å². The third-order valence-corrected chi connectivity index (χ3v) is 4.28. The van der Waals surface area contributed by atoms with Gasteiger partial charge >= 0.3 is 5.97 Å². The Balaban J connectivity index is 2.06. The van der Waals surface area contributed by atoms with Crippen LogP contribution in [0.2, 0.25) is 0 Å². The first-order valence-corrected chi connectivity index (χ1v) is 8.30. The van der Waals surface area contributed by atoms with Crippen LogP contribution in [0.3, 0.4) is 0 Å². The topological polar surface area (TPSA) is 105 Å². The quantitative estimate of drug-likeness (QED) is 0.808. The molecule has 8 heteroatoms. The van der Waals surface area contributed by atoms with Crippen LogP contribution in [0.15, 0.2) is 6.33 Å². The number of nitrogens with one attached hydrogen (secondary N) is 1. The van der Waals surface area contributed by atoms with Crippen LogP contribution in [0.5, 0.6) is 0 Å². The largest absolute Gasteiger partial charge is 0.480 e. The number of nitrogens with zero attached hydrogens (tertiary/aromatic N) is 3. The Bertz CT molecular complexity index is 642. The molecule has 0 radical (unpaired) electrons. The molecular weight excluding hydrogens is 324 g/mol. The number of rotatable bonds is 5. The predicted molar refractivity (Wildman–Crippen MR) is 91.5 cm³/mol. The van der Waals surface area contributed by atoms with Crippen molar-refractivity contribution < 1.29 is 19.4 Å². The van der Waals surface area contributed by atoms with Gasteiger partial charge in [0, 0.05) is 19.1 Å². The number of hydrogen-bond acceptors (Lipinski definition) is 6. The van der Waals surface area contributed by atoms with Crippen molar-refractivity contribution in [2.24, 2.45) is 0 Å². The first-order chi connectivity index (χ1) is 11.6. The fourth-order valence-corrected chi connectivity index (χ4v) is 3.09. The Kier molecular flexibility index (Phi) is 5.74. The number of carbonyl (C=O) groups excluding carboxylic acids is 1. The summed E-state index contributed by atoms with van der Waals surface area (Å²) >= 11 is 0. The third kappa shape index (κ3) is 4.73. The Morgan fingerprint density at radius 3 is 2.56 bits per heavy atom. The Labute approximate surface area is 147 Å². The molecule has 25 heavy (non-hydrogen) atoms. The van der Waals surface area contributed by atoms with Gasteiger partial charge in [-0.25, -0.2) is 9.97 Å². The van der Waals surface area contributed by atoms with Crippen molar-refractivity contribution in [1.82, 2.24) is 20.2 Å². The Morgan fingerprint density at radius 1 is 1.40 bits per heavy atom. The van der Waals surface area contributed by atoms with Gasteiger partial charge < -0.3 is 15.2 Å². The average Bonchev–Trinajstić information content (AvgIpc) is 2.45. The number of carbonyl (C=O) groups is 2. The molecule has 1 aromatic heterocycles. The first kappa shape index (κ1) is 19.3. The minimum atomic E-state index is -0.919. The summed E-state index contributed by atoms with van der Waals surface area (Å²) in [6, 6.07) is -0.946. The van der Waals surface area contributed by atoms with Crippen molar-refractivity contribution >= 4 is 11.9 Å². The second-order valence-corrected chi connectivity index (χ2v) is 7.15. The van der Waals surface area contributed by atoms with Gasteiger partial charge in [-0.2, -0.15) is 0 Å². The highest BCUT2D eigenvalue weighted by molar-refractivity contribution is 5.96. The van der Waals surface area contributed by atoms with Gasteiger partial charge in [-0.15, -0.1) is 0 Å². The van der Waals surface area contributed by atoms with Gasteiger partial charge in [0.05, 0.1) is 29.2 Å². The normalized spacial score (nSPS) is 21.6. The van der Waals surface area contributed by atoms with E-state index in [0.717, 1.165) is 0 Å². The molecule has 1 aliphatic heterocycles. The summed E-state index contributed by atoms with van der Waals surface area (Å²) < 4.78 is 5.61. The lowest BCUT2D eigenvalue weighted by Gasteiger charge is -2.42. The maximum Gasteiger partial charge on any atom is 0.323 e. The fraction of sp³-hybridized carbons (Fsp3) is 0.647. The molecule has 1 aromatic rings. The molecule has 0 saturated carbocycles. The van der Waals surface area contributed by atoms with E-state index in [-0.39, 0.29) is 18.6 Å². The highest BCUT2D eigenvalue weighted by Crippen LogP contribution is 2.21.